The lowest BCUT2D eigenvalue weighted by Crippen LogP contribution is -1.90. The topological polar surface area (TPSA) is 51.7 Å². The lowest BCUT2D eigenvalue weighted by molar-refractivity contribution is 0.248. The molecule has 0 aliphatic heterocycles. The molecule has 0 saturated heterocycles. The molecule has 0 aliphatic carbocycles. The quantitative estimate of drug-likeness (QED) is 0.711. The number of aliphatic hydroxyl groups excluding tert-OH is 1. The summed E-state index contributed by atoms with van der Waals surface area (Å²) in [6.07, 6.45) is 0. The molecule has 0 fully saturated rings. The Kier molecular flexibility index (Phi) is 10.4. The maximum Gasteiger partial charge on any atom is 0.0453 e. The highest BCUT2D eigenvalue weighted by atomic mass is 16.3. The molecular formula is C11H20O2. The van der Waals surface area contributed by atoms with Crippen molar-refractivity contribution in [3.63, 3.8) is 0 Å². The van der Waals surface area contributed by atoms with Crippen LogP contribution in [-0.2, 0) is 0 Å². The Bertz CT molecular complexity index is 183. The third-order valence-corrected chi connectivity index (χ3v) is 1.31. The molecule has 0 amide bonds. The Morgan fingerprint density at radius 1 is 1.15 bits per heavy atom. The van der Waals surface area contributed by atoms with Gasteiger partial charge in [-0.2, -0.15) is 0 Å². The highest BCUT2D eigenvalue weighted by Crippen LogP contribution is 1.92. The van der Waals surface area contributed by atoms with Crippen molar-refractivity contribution < 1.29 is 10.6 Å². The van der Waals surface area contributed by atoms with Gasteiger partial charge in [0, 0.05) is 6.61 Å². The Hall–Kier alpha value is -0.860. The van der Waals surface area contributed by atoms with E-state index in [9.17, 15) is 0 Å². The number of aryl methyl sites for hydroxylation is 1. The molecule has 1 rings (SSSR count). The lowest BCUT2D eigenvalue weighted by Gasteiger charge is -1.90. The maximum absolute atomic E-state index is 8.14. The molecule has 0 unspecified atom stereocenters. The van der Waals surface area contributed by atoms with E-state index in [1.54, 1.807) is 0 Å². The van der Waals surface area contributed by atoms with Crippen LogP contribution in [0.25, 0.3) is 0 Å². The normalized spacial score (nSPS) is 8.38. The molecular weight excluding hydrogens is 164 g/mol. The van der Waals surface area contributed by atoms with Gasteiger partial charge in [-0.3, -0.25) is 0 Å². The predicted molar refractivity (Wildman–Crippen MR) is 56.7 cm³/mol. The van der Waals surface area contributed by atoms with Gasteiger partial charge in [-0.1, -0.05) is 49.7 Å². The van der Waals surface area contributed by atoms with Crippen molar-refractivity contribution in [1.82, 2.24) is 0 Å². The zero-order chi connectivity index (χ0) is 9.40. The first-order valence-electron chi connectivity index (χ1n) is 4.29. The van der Waals surface area contributed by atoms with Crippen LogP contribution in [0.15, 0.2) is 30.3 Å². The van der Waals surface area contributed by atoms with E-state index in [-0.39, 0.29) is 5.48 Å². The van der Waals surface area contributed by atoms with E-state index < -0.39 is 0 Å². The van der Waals surface area contributed by atoms with Gasteiger partial charge in [-0.05, 0) is 12.8 Å². The van der Waals surface area contributed by atoms with E-state index in [0.717, 1.165) is 0 Å². The maximum atomic E-state index is 8.14. The summed E-state index contributed by atoms with van der Waals surface area (Å²) >= 11 is 0. The fourth-order valence-electron chi connectivity index (χ4n) is 0.534. The summed E-state index contributed by atoms with van der Waals surface area (Å²) in [5.41, 5.74) is 1.32. The molecule has 0 spiro atoms. The van der Waals surface area contributed by atoms with Crippen molar-refractivity contribution in [3.8, 4) is 0 Å². The molecule has 3 N–H and O–H groups in total. The van der Waals surface area contributed by atoms with Crippen LogP contribution in [0.2, 0.25) is 0 Å². The summed E-state index contributed by atoms with van der Waals surface area (Å²) in [5, 5.41) is 8.14. The van der Waals surface area contributed by atoms with Crippen molar-refractivity contribution in [2.24, 2.45) is 5.92 Å². The summed E-state index contributed by atoms with van der Waals surface area (Å²) in [4.78, 5) is 0. The smallest absolute Gasteiger partial charge is 0.0453 e. The van der Waals surface area contributed by atoms with Crippen molar-refractivity contribution in [1.29, 1.82) is 0 Å². The van der Waals surface area contributed by atoms with Crippen LogP contribution < -0.4 is 0 Å². The van der Waals surface area contributed by atoms with Crippen LogP contribution in [0.3, 0.4) is 0 Å². The van der Waals surface area contributed by atoms with Crippen LogP contribution >= 0.6 is 0 Å². The molecule has 2 heteroatoms. The molecule has 1 aromatic carbocycles. The highest BCUT2D eigenvalue weighted by Gasteiger charge is 1.81. The fraction of sp³-hybridized carbons (Fsp3) is 0.455. The molecule has 76 valence electrons. The standard InChI is InChI=1S/C7H8.C4H10O.H2O/c1-7-5-3-2-4-6-7;1-4(2)3-5;/h2-6H,1H3;4-5H,3H2,1-2H3;1H2. The first kappa shape index (κ1) is 14.7. The van der Waals surface area contributed by atoms with Gasteiger partial charge in [0.1, 0.15) is 0 Å². The molecule has 1 aromatic rings. The van der Waals surface area contributed by atoms with Crippen molar-refractivity contribution in [2.75, 3.05) is 6.61 Å². The summed E-state index contributed by atoms with van der Waals surface area (Å²) < 4.78 is 0. The molecule has 0 heterocycles. The van der Waals surface area contributed by atoms with Crippen LogP contribution in [0.5, 0.6) is 0 Å². The number of benzene rings is 1. The average molecular weight is 184 g/mol. The first-order valence-corrected chi connectivity index (χ1v) is 4.29. The van der Waals surface area contributed by atoms with Crippen LogP contribution in [-0.4, -0.2) is 17.2 Å². The fourth-order valence-corrected chi connectivity index (χ4v) is 0.534. The monoisotopic (exact) mass is 184 g/mol. The molecule has 2 nitrogen and oxygen atoms in total. The minimum atomic E-state index is 0. The molecule has 0 saturated carbocycles. The van der Waals surface area contributed by atoms with Gasteiger partial charge in [0.15, 0.2) is 0 Å². The van der Waals surface area contributed by atoms with Gasteiger partial charge in [-0.15, -0.1) is 0 Å². The lowest BCUT2D eigenvalue weighted by atomic mass is 10.2. The van der Waals surface area contributed by atoms with Gasteiger partial charge in [-0.25, -0.2) is 0 Å². The van der Waals surface area contributed by atoms with E-state index in [0.29, 0.717) is 12.5 Å². The van der Waals surface area contributed by atoms with E-state index in [1.807, 2.05) is 32.0 Å². The zero-order valence-corrected chi connectivity index (χ0v) is 8.62. The van der Waals surface area contributed by atoms with Crippen molar-refractivity contribution in [3.05, 3.63) is 35.9 Å². The first-order chi connectivity index (χ1) is 5.66. The molecule has 0 atom stereocenters. The molecule has 0 bridgehead atoms. The average Bonchev–Trinajstić information content (AvgIpc) is 2.07. The molecule has 0 aliphatic rings. The van der Waals surface area contributed by atoms with Crippen LogP contribution in [0, 0.1) is 12.8 Å². The largest absolute Gasteiger partial charge is 0.412 e. The second-order valence-corrected chi connectivity index (χ2v) is 3.23. The molecule has 0 aromatic heterocycles. The summed E-state index contributed by atoms with van der Waals surface area (Å²) in [5.74, 6) is 0.440. The van der Waals surface area contributed by atoms with E-state index in [2.05, 4.69) is 19.1 Å². The minimum Gasteiger partial charge on any atom is -0.412 e. The zero-order valence-electron chi connectivity index (χ0n) is 8.62. The van der Waals surface area contributed by atoms with Crippen LogP contribution in [0.4, 0.5) is 0 Å². The van der Waals surface area contributed by atoms with E-state index in [4.69, 9.17) is 5.11 Å². The van der Waals surface area contributed by atoms with E-state index >= 15 is 0 Å². The third-order valence-electron chi connectivity index (χ3n) is 1.31. The Morgan fingerprint density at radius 3 is 1.69 bits per heavy atom. The molecule has 0 radical (unpaired) electrons. The number of hydrogen-bond donors (Lipinski definition) is 1. The number of rotatable bonds is 1. The van der Waals surface area contributed by atoms with E-state index in [1.165, 1.54) is 5.56 Å². The Morgan fingerprint density at radius 2 is 1.54 bits per heavy atom. The van der Waals surface area contributed by atoms with Crippen molar-refractivity contribution in [2.45, 2.75) is 20.8 Å². The molecule has 13 heavy (non-hydrogen) atoms. The van der Waals surface area contributed by atoms with Gasteiger partial charge in [0.2, 0.25) is 0 Å². The second kappa shape index (κ2) is 9.23. The number of hydrogen-bond acceptors (Lipinski definition) is 1. The van der Waals surface area contributed by atoms with Crippen molar-refractivity contribution >= 4 is 0 Å². The number of aliphatic hydroxyl groups is 1. The van der Waals surface area contributed by atoms with Gasteiger partial charge < -0.3 is 10.6 Å². The summed E-state index contributed by atoms with van der Waals surface area (Å²) in [6.45, 7) is 6.33. The highest BCUT2D eigenvalue weighted by molar-refractivity contribution is 5.11. The van der Waals surface area contributed by atoms with Gasteiger partial charge in [0.25, 0.3) is 0 Å². The summed E-state index contributed by atoms with van der Waals surface area (Å²) in [6, 6.07) is 10.3. The third kappa shape index (κ3) is 11.1. The van der Waals surface area contributed by atoms with Gasteiger partial charge >= 0.3 is 0 Å². The summed E-state index contributed by atoms with van der Waals surface area (Å²) in [7, 11) is 0. The Balaban J connectivity index is 0. The SMILES string of the molecule is CC(C)CO.Cc1ccccc1.O. The predicted octanol–water partition coefficient (Wildman–Crippen LogP) is 1.81. The minimum absolute atomic E-state index is 0. The van der Waals surface area contributed by atoms with Crippen LogP contribution in [0.1, 0.15) is 19.4 Å². The second-order valence-electron chi connectivity index (χ2n) is 3.23. The Labute approximate surface area is 80.5 Å². The van der Waals surface area contributed by atoms with Gasteiger partial charge in [0.05, 0.1) is 0 Å².